The van der Waals surface area contributed by atoms with Crippen LogP contribution in [0.15, 0.2) is 95.7 Å². The van der Waals surface area contributed by atoms with E-state index < -0.39 is 0 Å². The molecule has 10 nitrogen and oxygen atoms in total. The summed E-state index contributed by atoms with van der Waals surface area (Å²) in [5, 5.41) is 8.95. The Morgan fingerprint density at radius 2 is 1.07 bits per heavy atom. The molecule has 0 saturated heterocycles. The number of rotatable bonds is 11. The number of hydrogen-bond donors (Lipinski definition) is 2. The van der Waals surface area contributed by atoms with Crippen molar-refractivity contribution in [1.82, 2.24) is 20.8 Å². The molecule has 0 fully saturated rings. The highest BCUT2D eigenvalue weighted by Gasteiger charge is 2.08. The maximum Gasteiger partial charge on any atom is 0.271 e. The number of carbonyl (C=O) groups excluding carboxylic acids is 2. The summed E-state index contributed by atoms with van der Waals surface area (Å²) in [5.41, 5.74) is 6.97. The van der Waals surface area contributed by atoms with Crippen molar-refractivity contribution in [1.29, 1.82) is 0 Å². The number of nitrogens with one attached hydrogen (secondary N) is 2. The number of benzene rings is 2. The van der Waals surface area contributed by atoms with Gasteiger partial charge in [0.25, 0.3) is 11.8 Å². The summed E-state index contributed by atoms with van der Waals surface area (Å²) >= 11 is 12.3. The van der Waals surface area contributed by atoms with E-state index in [9.17, 15) is 9.59 Å². The van der Waals surface area contributed by atoms with Crippen molar-refractivity contribution >= 4 is 47.4 Å². The van der Waals surface area contributed by atoms with E-state index in [1.807, 2.05) is 0 Å². The lowest BCUT2D eigenvalue weighted by atomic mass is 10.2. The molecule has 0 radical (unpaired) electrons. The van der Waals surface area contributed by atoms with Gasteiger partial charge in [-0.05, 0) is 60.7 Å². The maximum absolute atomic E-state index is 12.2. The van der Waals surface area contributed by atoms with Crippen molar-refractivity contribution in [3.8, 4) is 11.5 Å². The number of hydrogen-bond acceptors (Lipinski definition) is 8. The average Bonchev–Trinajstić information content (AvgIpc) is 2.98. The Labute approximate surface area is 239 Å². The third kappa shape index (κ3) is 8.35. The van der Waals surface area contributed by atoms with Crippen LogP contribution in [0.5, 0.6) is 11.5 Å². The van der Waals surface area contributed by atoms with Gasteiger partial charge in [-0.15, -0.1) is 0 Å². The molecular formula is C28H22Cl2N6O4. The Balaban J connectivity index is 1.33. The zero-order valence-corrected chi connectivity index (χ0v) is 22.3. The summed E-state index contributed by atoms with van der Waals surface area (Å²) in [6.07, 6.45) is 8.99. The molecule has 0 aliphatic carbocycles. The normalized spacial score (nSPS) is 10.9. The summed E-state index contributed by atoms with van der Waals surface area (Å²) in [4.78, 5) is 32.1. The van der Waals surface area contributed by atoms with Crippen LogP contribution < -0.4 is 20.3 Å². The summed E-state index contributed by atoms with van der Waals surface area (Å²) in [7, 11) is 0. The topological polar surface area (TPSA) is 127 Å². The third-order valence-corrected chi connectivity index (χ3v) is 5.64. The molecule has 0 aliphatic heterocycles. The minimum Gasteiger partial charge on any atom is -0.489 e. The number of pyridine rings is 2. The first-order valence-corrected chi connectivity index (χ1v) is 12.6. The summed E-state index contributed by atoms with van der Waals surface area (Å²) in [6.45, 7) is 0.318. The molecule has 0 aliphatic rings. The number of hydrazone groups is 2. The zero-order valence-electron chi connectivity index (χ0n) is 20.8. The lowest BCUT2D eigenvalue weighted by Crippen LogP contribution is -2.17. The van der Waals surface area contributed by atoms with Crippen LogP contribution in [0.3, 0.4) is 0 Å². The Bertz CT molecular complexity index is 1400. The first-order valence-electron chi connectivity index (χ1n) is 11.8. The van der Waals surface area contributed by atoms with Crippen molar-refractivity contribution in [2.24, 2.45) is 10.2 Å². The van der Waals surface area contributed by atoms with Crippen molar-refractivity contribution in [2.45, 2.75) is 0 Å². The van der Waals surface area contributed by atoms with Crippen LogP contribution in [-0.4, -0.2) is 47.4 Å². The van der Waals surface area contributed by atoms with Gasteiger partial charge in [0, 0.05) is 57.1 Å². The lowest BCUT2D eigenvalue weighted by molar-refractivity contribution is 0.0947. The molecular weight excluding hydrogens is 555 g/mol. The number of amides is 2. The molecule has 40 heavy (non-hydrogen) atoms. The van der Waals surface area contributed by atoms with Gasteiger partial charge in [0.05, 0.1) is 12.4 Å². The van der Waals surface area contributed by atoms with E-state index in [0.29, 0.717) is 43.8 Å². The van der Waals surface area contributed by atoms with Crippen molar-refractivity contribution < 1.29 is 19.1 Å². The quantitative estimate of drug-likeness (QED) is 0.150. The van der Waals surface area contributed by atoms with Gasteiger partial charge in [0.1, 0.15) is 24.7 Å². The minimum atomic E-state index is -0.374. The van der Waals surface area contributed by atoms with E-state index >= 15 is 0 Å². The Morgan fingerprint density at radius 1 is 0.675 bits per heavy atom. The highest BCUT2D eigenvalue weighted by Crippen LogP contribution is 2.24. The fourth-order valence-electron chi connectivity index (χ4n) is 3.24. The molecule has 0 spiro atoms. The molecule has 2 aromatic heterocycles. The van der Waals surface area contributed by atoms with Gasteiger partial charge in [-0.25, -0.2) is 10.9 Å². The molecule has 4 rings (SSSR count). The lowest BCUT2D eigenvalue weighted by Gasteiger charge is -2.12. The van der Waals surface area contributed by atoms with E-state index in [-0.39, 0.29) is 25.0 Å². The molecule has 0 unspecified atom stereocenters. The molecule has 0 saturated carbocycles. The van der Waals surface area contributed by atoms with Crippen LogP contribution in [0.2, 0.25) is 10.0 Å². The van der Waals surface area contributed by atoms with E-state index in [2.05, 4.69) is 31.0 Å². The van der Waals surface area contributed by atoms with Gasteiger partial charge in [0.15, 0.2) is 0 Å². The molecule has 202 valence electrons. The molecule has 2 aromatic carbocycles. The van der Waals surface area contributed by atoms with E-state index in [0.717, 1.165) is 0 Å². The molecule has 2 amide bonds. The largest absolute Gasteiger partial charge is 0.489 e. The number of nitrogens with zero attached hydrogens (tertiary/aromatic N) is 4. The van der Waals surface area contributed by atoms with Crippen LogP contribution in [0.25, 0.3) is 0 Å². The standard InChI is InChI=1S/C28H22Cl2N6O4/c29-23-3-1-21(17-33-35-27(37)19-5-9-31-10-6-19)25(15-23)39-13-14-40-26-16-24(30)4-2-22(26)18-34-36-28(38)20-7-11-32-12-8-20/h1-12,15-18H,13-14H2,(H,35,37)(H,36,38). The van der Waals surface area contributed by atoms with Gasteiger partial charge in [-0.3, -0.25) is 19.6 Å². The molecule has 2 heterocycles. The van der Waals surface area contributed by atoms with Crippen LogP contribution in [0.1, 0.15) is 31.8 Å². The molecule has 12 heteroatoms. The third-order valence-electron chi connectivity index (χ3n) is 5.17. The van der Waals surface area contributed by atoms with Gasteiger partial charge >= 0.3 is 0 Å². The van der Waals surface area contributed by atoms with Crippen LogP contribution in [0.4, 0.5) is 0 Å². The maximum atomic E-state index is 12.2. The van der Waals surface area contributed by atoms with Gasteiger partial charge < -0.3 is 9.47 Å². The smallest absolute Gasteiger partial charge is 0.271 e. The van der Waals surface area contributed by atoms with Crippen molar-refractivity contribution in [3.05, 3.63) is 118 Å². The number of carbonyl (C=O) groups is 2. The predicted molar refractivity (Wildman–Crippen MR) is 152 cm³/mol. The first-order chi connectivity index (χ1) is 19.5. The van der Waals surface area contributed by atoms with Crippen LogP contribution >= 0.6 is 23.2 Å². The van der Waals surface area contributed by atoms with Crippen molar-refractivity contribution in [3.63, 3.8) is 0 Å². The van der Waals surface area contributed by atoms with Crippen molar-refractivity contribution in [2.75, 3.05) is 13.2 Å². The van der Waals surface area contributed by atoms with E-state index in [4.69, 9.17) is 32.7 Å². The van der Waals surface area contributed by atoms with E-state index in [1.165, 1.54) is 37.2 Å². The minimum absolute atomic E-state index is 0.159. The number of halogens is 2. The highest BCUT2D eigenvalue weighted by atomic mass is 35.5. The Hall–Kier alpha value is -4.80. The molecule has 4 aromatic rings. The molecule has 2 N–H and O–H groups in total. The highest BCUT2D eigenvalue weighted by molar-refractivity contribution is 6.31. The molecule has 0 atom stereocenters. The second-order valence-electron chi connectivity index (χ2n) is 7.93. The monoisotopic (exact) mass is 576 g/mol. The second kappa shape index (κ2) is 14.4. The van der Waals surface area contributed by atoms with Crippen LogP contribution in [-0.2, 0) is 0 Å². The summed E-state index contributed by atoms with van der Waals surface area (Å²) < 4.78 is 11.7. The Morgan fingerprint density at radius 3 is 1.48 bits per heavy atom. The fraction of sp³-hybridized carbons (Fsp3) is 0.0714. The average molecular weight is 577 g/mol. The summed E-state index contributed by atoms with van der Waals surface area (Å²) in [5.74, 6) is 0.150. The SMILES string of the molecule is O=C(NN=Cc1ccc(Cl)cc1OCCOc1cc(Cl)ccc1C=NNC(=O)c1ccncc1)c1ccncc1. The zero-order chi connectivity index (χ0) is 28.2. The Kier molecular flexibility index (Phi) is 10.1. The van der Waals surface area contributed by atoms with E-state index in [1.54, 1.807) is 60.7 Å². The first kappa shape index (κ1) is 28.2. The predicted octanol–water partition coefficient (Wildman–Crippen LogP) is 4.77. The molecule has 0 bridgehead atoms. The summed E-state index contributed by atoms with van der Waals surface area (Å²) in [6, 6.07) is 16.4. The van der Waals surface area contributed by atoms with Gasteiger partial charge in [-0.1, -0.05) is 23.2 Å². The fourth-order valence-corrected chi connectivity index (χ4v) is 3.56. The number of ether oxygens (including phenoxy) is 2. The van der Waals surface area contributed by atoms with Gasteiger partial charge in [0.2, 0.25) is 0 Å². The van der Waals surface area contributed by atoms with Crippen LogP contribution in [0, 0.1) is 0 Å². The number of aromatic nitrogens is 2. The second-order valence-corrected chi connectivity index (χ2v) is 8.80. The van der Waals surface area contributed by atoms with Gasteiger partial charge in [-0.2, -0.15) is 10.2 Å².